The Morgan fingerprint density at radius 2 is 1.86 bits per heavy atom. The first-order valence-electron chi connectivity index (χ1n) is 7.43. The molecule has 21 heavy (non-hydrogen) atoms. The van der Waals surface area contributed by atoms with Crippen molar-refractivity contribution in [2.24, 2.45) is 0 Å². The highest BCUT2D eigenvalue weighted by Gasteiger charge is 2.36. The average Bonchev–Trinajstić information content (AvgIpc) is 2.93. The van der Waals surface area contributed by atoms with Gasteiger partial charge in [-0.3, -0.25) is 9.59 Å². The van der Waals surface area contributed by atoms with Gasteiger partial charge >= 0.3 is 5.97 Å². The highest BCUT2D eigenvalue weighted by molar-refractivity contribution is 5.87. The molecule has 0 saturated carbocycles. The molecule has 0 aromatic rings. The number of nitrogens with zero attached hydrogens (tertiary/aromatic N) is 1. The molecule has 0 aromatic carbocycles. The summed E-state index contributed by atoms with van der Waals surface area (Å²) in [5.74, 6) is -1.55. The molecule has 7 heteroatoms. The van der Waals surface area contributed by atoms with Crippen molar-refractivity contribution in [3.8, 4) is 0 Å². The number of rotatable bonds is 8. The van der Waals surface area contributed by atoms with Crippen LogP contribution in [0.5, 0.6) is 0 Å². The van der Waals surface area contributed by atoms with Gasteiger partial charge in [-0.1, -0.05) is 13.8 Å². The number of ether oxygens (including phenoxy) is 1. The molecule has 1 aliphatic rings. The summed E-state index contributed by atoms with van der Waals surface area (Å²) in [6, 6.07) is 0. The predicted octanol–water partition coefficient (Wildman–Crippen LogP) is 0.383. The zero-order chi connectivity index (χ0) is 15.8. The van der Waals surface area contributed by atoms with Gasteiger partial charge in [0.2, 0.25) is 5.91 Å². The SMILES string of the molecule is CCCNC(=O)CN(CCC)C(=O)[C@@H]1CC[C@H](C(=O)O)O1. The third-order valence-corrected chi connectivity index (χ3v) is 3.28. The van der Waals surface area contributed by atoms with Crippen LogP contribution >= 0.6 is 0 Å². The minimum atomic E-state index is -1.05. The maximum atomic E-state index is 12.3. The van der Waals surface area contributed by atoms with Crippen molar-refractivity contribution in [1.29, 1.82) is 0 Å². The number of carboxylic acids is 1. The van der Waals surface area contributed by atoms with Gasteiger partial charge in [0.25, 0.3) is 5.91 Å². The van der Waals surface area contributed by atoms with Gasteiger partial charge in [0, 0.05) is 13.1 Å². The van der Waals surface area contributed by atoms with Crippen LogP contribution in [0.25, 0.3) is 0 Å². The Balaban J connectivity index is 2.57. The molecule has 0 radical (unpaired) electrons. The van der Waals surface area contributed by atoms with E-state index in [0.29, 0.717) is 25.9 Å². The van der Waals surface area contributed by atoms with Crippen molar-refractivity contribution in [2.75, 3.05) is 19.6 Å². The van der Waals surface area contributed by atoms with Crippen LogP contribution in [0.1, 0.15) is 39.5 Å². The lowest BCUT2D eigenvalue weighted by molar-refractivity contribution is -0.155. The number of carbonyl (C=O) groups excluding carboxylic acids is 2. The molecule has 2 amide bonds. The number of nitrogens with one attached hydrogen (secondary N) is 1. The maximum Gasteiger partial charge on any atom is 0.332 e. The molecule has 1 heterocycles. The van der Waals surface area contributed by atoms with Crippen LogP contribution in [0.15, 0.2) is 0 Å². The van der Waals surface area contributed by atoms with Crippen molar-refractivity contribution < 1.29 is 24.2 Å². The van der Waals surface area contributed by atoms with Crippen LogP contribution in [0.3, 0.4) is 0 Å². The van der Waals surface area contributed by atoms with Gasteiger partial charge in [0.05, 0.1) is 6.54 Å². The topological polar surface area (TPSA) is 95.9 Å². The predicted molar refractivity (Wildman–Crippen MR) is 75.7 cm³/mol. The molecule has 1 fully saturated rings. The number of aliphatic carboxylic acids is 1. The van der Waals surface area contributed by atoms with E-state index in [4.69, 9.17) is 9.84 Å². The number of hydrogen-bond acceptors (Lipinski definition) is 4. The highest BCUT2D eigenvalue weighted by atomic mass is 16.5. The molecule has 7 nitrogen and oxygen atoms in total. The second kappa shape index (κ2) is 8.61. The largest absolute Gasteiger partial charge is 0.479 e. The number of carboxylic acid groups (broad SMARTS) is 1. The highest BCUT2D eigenvalue weighted by Crippen LogP contribution is 2.21. The van der Waals surface area contributed by atoms with E-state index in [-0.39, 0.29) is 18.4 Å². The lowest BCUT2D eigenvalue weighted by atomic mass is 10.1. The first-order valence-corrected chi connectivity index (χ1v) is 7.43. The van der Waals surface area contributed by atoms with Gasteiger partial charge in [-0.05, 0) is 25.7 Å². The Morgan fingerprint density at radius 3 is 2.38 bits per heavy atom. The molecule has 0 bridgehead atoms. The minimum Gasteiger partial charge on any atom is -0.479 e. The van der Waals surface area contributed by atoms with E-state index in [0.717, 1.165) is 12.8 Å². The van der Waals surface area contributed by atoms with Crippen molar-refractivity contribution in [3.05, 3.63) is 0 Å². The number of amides is 2. The molecule has 2 atom stereocenters. The Hall–Kier alpha value is -1.63. The van der Waals surface area contributed by atoms with Gasteiger partial charge in [0.1, 0.15) is 6.10 Å². The summed E-state index contributed by atoms with van der Waals surface area (Å²) in [7, 11) is 0. The van der Waals surface area contributed by atoms with Crippen LogP contribution in [0.4, 0.5) is 0 Å². The van der Waals surface area contributed by atoms with Gasteiger partial charge in [-0.25, -0.2) is 4.79 Å². The van der Waals surface area contributed by atoms with Crippen molar-refractivity contribution in [3.63, 3.8) is 0 Å². The molecule has 1 saturated heterocycles. The molecule has 0 aliphatic carbocycles. The Labute approximate surface area is 124 Å². The van der Waals surface area contributed by atoms with Gasteiger partial charge in [-0.2, -0.15) is 0 Å². The fraction of sp³-hybridized carbons (Fsp3) is 0.786. The second-order valence-corrected chi connectivity index (χ2v) is 5.14. The standard InChI is InChI=1S/C14H24N2O5/c1-3-7-15-12(17)9-16(8-4-2)13(18)10-5-6-11(21-10)14(19)20/h10-11H,3-9H2,1-2H3,(H,15,17)(H,19,20)/t10-,11+/m0/s1. The summed E-state index contributed by atoms with van der Waals surface area (Å²) in [6.45, 7) is 4.89. The quantitative estimate of drug-likeness (QED) is 0.676. The summed E-state index contributed by atoms with van der Waals surface area (Å²) in [4.78, 5) is 36.4. The molecule has 0 spiro atoms. The second-order valence-electron chi connectivity index (χ2n) is 5.14. The number of hydrogen-bond donors (Lipinski definition) is 2. The fourth-order valence-electron chi connectivity index (χ4n) is 2.23. The Kier molecular flexibility index (Phi) is 7.14. The average molecular weight is 300 g/mol. The van der Waals surface area contributed by atoms with E-state index in [9.17, 15) is 14.4 Å². The molecule has 120 valence electrons. The van der Waals surface area contributed by atoms with E-state index < -0.39 is 18.2 Å². The van der Waals surface area contributed by atoms with Crippen LogP contribution in [0, 0.1) is 0 Å². The van der Waals surface area contributed by atoms with Crippen LogP contribution in [-0.2, 0) is 19.1 Å². The van der Waals surface area contributed by atoms with E-state index >= 15 is 0 Å². The monoisotopic (exact) mass is 300 g/mol. The maximum absolute atomic E-state index is 12.3. The lowest BCUT2D eigenvalue weighted by Crippen LogP contribution is -2.45. The van der Waals surface area contributed by atoms with Crippen molar-refractivity contribution >= 4 is 17.8 Å². The molecule has 0 unspecified atom stereocenters. The Morgan fingerprint density at radius 1 is 1.19 bits per heavy atom. The molecule has 2 N–H and O–H groups in total. The summed E-state index contributed by atoms with van der Waals surface area (Å²) in [5, 5.41) is 11.6. The van der Waals surface area contributed by atoms with E-state index in [1.165, 1.54) is 4.90 Å². The fourth-order valence-corrected chi connectivity index (χ4v) is 2.23. The van der Waals surface area contributed by atoms with E-state index in [1.807, 2.05) is 13.8 Å². The van der Waals surface area contributed by atoms with Crippen LogP contribution < -0.4 is 5.32 Å². The van der Waals surface area contributed by atoms with E-state index in [1.54, 1.807) is 0 Å². The lowest BCUT2D eigenvalue weighted by Gasteiger charge is -2.24. The first-order chi connectivity index (χ1) is 9.99. The van der Waals surface area contributed by atoms with Gasteiger partial charge in [-0.15, -0.1) is 0 Å². The molecule has 1 rings (SSSR count). The van der Waals surface area contributed by atoms with Gasteiger partial charge < -0.3 is 20.1 Å². The molecule has 1 aliphatic heterocycles. The third-order valence-electron chi connectivity index (χ3n) is 3.28. The molecular weight excluding hydrogens is 276 g/mol. The van der Waals surface area contributed by atoms with Crippen molar-refractivity contribution in [1.82, 2.24) is 10.2 Å². The first kappa shape index (κ1) is 17.4. The summed E-state index contributed by atoms with van der Waals surface area (Å²) in [5.41, 5.74) is 0. The van der Waals surface area contributed by atoms with Crippen LogP contribution in [-0.4, -0.2) is 59.6 Å². The molecular formula is C14H24N2O5. The van der Waals surface area contributed by atoms with Gasteiger partial charge in [0.15, 0.2) is 6.10 Å². The summed E-state index contributed by atoms with van der Waals surface area (Å²) < 4.78 is 5.25. The Bertz CT molecular complexity index is 386. The minimum absolute atomic E-state index is 0.00965. The smallest absolute Gasteiger partial charge is 0.332 e. The zero-order valence-electron chi connectivity index (χ0n) is 12.6. The summed E-state index contributed by atoms with van der Waals surface area (Å²) in [6.07, 6.45) is 0.592. The third kappa shape index (κ3) is 5.34. The van der Waals surface area contributed by atoms with E-state index in [2.05, 4.69) is 5.32 Å². The zero-order valence-corrected chi connectivity index (χ0v) is 12.6. The summed E-state index contributed by atoms with van der Waals surface area (Å²) >= 11 is 0. The van der Waals surface area contributed by atoms with Crippen molar-refractivity contribution in [2.45, 2.75) is 51.7 Å². The normalized spacial score (nSPS) is 21.0. The van der Waals surface area contributed by atoms with Crippen LogP contribution in [0.2, 0.25) is 0 Å². The number of carbonyl (C=O) groups is 3. The molecule has 0 aromatic heterocycles.